The van der Waals surface area contributed by atoms with Gasteiger partial charge in [0.2, 0.25) is 0 Å². The molecule has 0 N–H and O–H groups in total. The molecule has 2 aromatic carbocycles. The van der Waals surface area contributed by atoms with E-state index in [-0.39, 0.29) is 17.2 Å². The second kappa shape index (κ2) is 7.67. The minimum Gasteiger partial charge on any atom is -0.305 e. The molecule has 0 bridgehead atoms. The first-order valence-electron chi connectivity index (χ1n) is 7.51. The molecule has 3 aromatic rings. The van der Waals surface area contributed by atoms with Crippen molar-refractivity contribution in [3.63, 3.8) is 0 Å². The van der Waals surface area contributed by atoms with Crippen molar-refractivity contribution in [2.24, 2.45) is 7.05 Å². The molecule has 0 saturated heterocycles. The topological polar surface area (TPSA) is 90.9 Å². The van der Waals surface area contributed by atoms with Gasteiger partial charge in [0, 0.05) is 35.3 Å². The van der Waals surface area contributed by atoms with Gasteiger partial charge in [0.25, 0.3) is 5.69 Å². The van der Waals surface area contributed by atoms with Gasteiger partial charge < -0.3 is 4.57 Å². The molecule has 26 heavy (non-hydrogen) atoms. The van der Waals surface area contributed by atoms with Crippen molar-refractivity contribution in [1.82, 2.24) is 14.8 Å². The molecule has 0 spiro atoms. The first-order chi connectivity index (χ1) is 12.5. The molecular formula is C17H13ClN4O3S. The third kappa shape index (κ3) is 3.92. The van der Waals surface area contributed by atoms with Crippen LogP contribution in [-0.4, -0.2) is 31.2 Å². The zero-order valence-electron chi connectivity index (χ0n) is 13.6. The van der Waals surface area contributed by atoms with Crippen LogP contribution in [0.25, 0.3) is 11.4 Å². The first-order valence-corrected chi connectivity index (χ1v) is 8.88. The van der Waals surface area contributed by atoms with E-state index >= 15 is 0 Å². The summed E-state index contributed by atoms with van der Waals surface area (Å²) < 4.78 is 1.80. The van der Waals surface area contributed by atoms with Gasteiger partial charge in [-0.3, -0.25) is 14.9 Å². The van der Waals surface area contributed by atoms with E-state index in [2.05, 4.69) is 10.2 Å². The van der Waals surface area contributed by atoms with Crippen molar-refractivity contribution in [1.29, 1.82) is 0 Å². The van der Waals surface area contributed by atoms with Gasteiger partial charge in [0.1, 0.15) is 0 Å². The van der Waals surface area contributed by atoms with E-state index in [1.54, 1.807) is 16.7 Å². The van der Waals surface area contributed by atoms with Crippen LogP contribution in [0.2, 0.25) is 5.02 Å². The van der Waals surface area contributed by atoms with Crippen LogP contribution in [0.3, 0.4) is 0 Å². The fourth-order valence-electron chi connectivity index (χ4n) is 2.27. The van der Waals surface area contributed by atoms with E-state index in [1.807, 2.05) is 19.2 Å². The Labute approximate surface area is 158 Å². The molecule has 0 radical (unpaired) electrons. The van der Waals surface area contributed by atoms with Crippen molar-refractivity contribution < 1.29 is 9.72 Å². The van der Waals surface area contributed by atoms with Crippen LogP contribution in [0.1, 0.15) is 10.4 Å². The number of nitrogens with zero attached hydrogens (tertiary/aromatic N) is 4. The average Bonchev–Trinajstić information content (AvgIpc) is 3.01. The lowest BCUT2D eigenvalue weighted by Crippen LogP contribution is -2.04. The van der Waals surface area contributed by atoms with Crippen LogP contribution in [0.5, 0.6) is 0 Å². The molecule has 132 valence electrons. The standard InChI is InChI=1S/C17H13ClN4O3S/c1-21-16(12-2-6-13(18)7-3-12)19-20-17(21)26-10-15(23)11-4-8-14(9-5-11)22(24)25/h2-9H,10H2,1H3. The highest BCUT2D eigenvalue weighted by Crippen LogP contribution is 2.24. The molecule has 1 heterocycles. The first kappa shape index (κ1) is 18.1. The lowest BCUT2D eigenvalue weighted by molar-refractivity contribution is -0.384. The Morgan fingerprint density at radius 2 is 1.81 bits per heavy atom. The lowest BCUT2D eigenvalue weighted by Gasteiger charge is -2.04. The molecule has 0 amide bonds. The smallest absolute Gasteiger partial charge is 0.269 e. The largest absolute Gasteiger partial charge is 0.305 e. The molecule has 0 saturated carbocycles. The highest BCUT2D eigenvalue weighted by atomic mass is 35.5. The van der Waals surface area contributed by atoms with Gasteiger partial charge in [-0.05, 0) is 36.4 Å². The molecule has 0 fully saturated rings. The van der Waals surface area contributed by atoms with Gasteiger partial charge in [0.05, 0.1) is 10.7 Å². The van der Waals surface area contributed by atoms with Crippen LogP contribution < -0.4 is 0 Å². The van der Waals surface area contributed by atoms with E-state index < -0.39 is 4.92 Å². The number of ketones is 1. The van der Waals surface area contributed by atoms with E-state index in [9.17, 15) is 14.9 Å². The summed E-state index contributed by atoms with van der Waals surface area (Å²) in [5.74, 6) is 0.692. The fourth-order valence-corrected chi connectivity index (χ4v) is 3.20. The van der Waals surface area contributed by atoms with Gasteiger partial charge in [0.15, 0.2) is 16.8 Å². The number of hydrogen-bond acceptors (Lipinski definition) is 6. The monoisotopic (exact) mass is 388 g/mol. The Morgan fingerprint density at radius 1 is 1.15 bits per heavy atom. The molecule has 9 heteroatoms. The Balaban J connectivity index is 1.69. The SMILES string of the molecule is Cn1c(SCC(=O)c2ccc([N+](=O)[O-])cc2)nnc1-c1ccc(Cl)cc1. The predicted octanol–water partition coefficient (Wildman–Crippen LogP) is 4.02. The number of hydrogen-bond donors (Lipinski definition) is 0. The van der Waals surface area contributed by atoms with Crippen LogP contribution in [-0.2, 0) is 7.05 Å². The Morgan fingerprint density at radius 3 is 2.42 bits per heavy atom. The second-order valence-electron chi connectivity index (χ2n) is 5.39. The van der Waals surface area contributed by atoms with Crippen LogP contribution in [0.15, 0.2) is 53.7 Å². The van der Waals surface area contributed by atoms with Gasteiger partial charge in [-0.2, -0.15) is 0 Å². The summed E-state index contributed by atoms with van der Waals surface area (Å²) in [4.78, 5) is 22.4. The molecule has 1 aromatic heterocycles. The number of benzene rings is 2. The molecular weight excluding hydrogens is 376 g/mol. The van der Waals surface area contributed by atoms with E-state index in [0.717, 1.165) is 5.56 Å². The minimum absolute atomic E-state index is 0.0462. The molecule has 0 atom stereocenters. The number of carbonyl (C=O) groups excluding carboxylic acids is 1. The van der Waals surface area contributed by atoms with Crippen molar-refractivity contribution >= 4 is 34.8 Å². The number of thioether (sulfide) groups is 1. The summed E-state index contributed by atoms with van der Waals surface area (Å²) in [7, 11) is 1.82. The van der Waals surface area contributed by atoms with Crippen LogP contribution >= 0.6 is 23.4 Å². The van der Waals surface area contributed by atoms with E-state index in [4.69, 9.17) is 11.6 Å². The maximum absolute atomic E-state index is 12.3. The summed E-state index contributed by atoms with van der Waals surface area (Å²) in [6.07, 6.45) is 0. The molecule has 0 aliphatic carbocycles. The van der Waals surface area contributed by atoms with Crippen LogP contribution in [0, 0.1) is 10.1 Å². The Hall–Kier alpha value is -2.71. The highest BCUT2D eigenvalue weighted by molar-refractivity contribution is 7.99. The number of Topliss-reactive ketones (excluding diaryl/α,β-unsaturated/α-hetero) is 1. The number of non-ortho nitro benzene ring substituents is 1. The quantitative estimate of drug-likeness (QED) is 0.274. The number of aromatic nitrogens is 3. The fraction of sp³-hybridized carbons (Fsp3) is 0.118. The highest BCUT2D eigenvalue weighted by Gasteiger charge is 2.14. The summed E-state index contributed by atoms with van der Waals surface area (Å²) in [5.41, 5.74) is 1.25. The van der Waals surface area contributed by atoms with Gasteiger partial charge in [-0.25, -0.2) is 0 Å². The normalized spacial score (nSPS) is 10.7. The second-order valence-corrected chi connectivity index (χ2v) is 6.77. The molecule has 7 nitrogen and oxygen atoms in total. The maximum atomic E-state index is 12.3. The summed E-state index contributed by atoms with van der Waals surface area (Å²) in [6, 6.07) is 12.8. The summed E-state index contributed by atoms with van der Waals surface area (Å²) >= 11 is 7.15. The third-order valence-electron chi connectivity index (χ3n) is 3.67. The number of nitro benzene ring substituents is 1. The summed E-state index contributed by atoms with van der Waals surface area (Å²) in [6.45, 7) is 0. The number of rotatable bonds is 6. The molecule has 0 aliphatic heterocycles. The van der Waals surface area contributed by atoms with Gasteiger partial charge in [-0.1, -0.05) is 23.4 Å². The van der Waals surface area contributed by atoms with Crippen molar-refractivity contribution in [2.45, 2.75) is 5.16 Å². The zero-order chi connectivity index (χ0) is 18.7. The molecule has 3 rings (SSSR count). The maximum Gasteiger partial charge on any atom is 0.269 e. The van der Waals surface area contributed by atoms with Crippen molar-refractivity contribution in [3.05, 3.63) is 69.2 Å². The predicted molar refractivity (Wildman–Crippen MR) is 99.6 cm³/mol. The zero-order valence-corrected chi connectivity index (χ0v) is 15.2. The average molecular weight is 389 g/mol. The van der Waals surface area contributed by atoms with E-state index in [1.165, 1.54) is 36.0 Å². The molecule has 0 unspecified atom stereocenters. The molecule has 0 aliphatic rings. The number of halogens is 1. The van der Waals surface area contributed by atoms with Crippen molar-refractivity contribution in [3.8, 4) is 11.4 Å². The van der Waals surface area contributed by atoms with E-state index in [0.29, 0.717) is 21.6 Å². The third-order valence-corrected chi connectivity index (χ3v) is 4.94. The number of carbonyl (C=O) groups is 1. The Kier molecular flexibility index (Phi) is 5.34. The Bertz CT molecular complexity index is 955. The lowest BCUT2D eigenvalue weighted by atomic mass is 10.1. The van der Waals surface area contributed by atoms with Crippen LogP contribution in [0.4, 0.5) is 5.69 Å². The van der Waals surface area contributed by atoms with Gasteiger partial charge in [-0.15, -0.1) is 10.2 Å². The van der Waals surface area contributed by atoms with Gasteiger partial charge >= 0.3 is 0 Å². The summed E-state index contributed by atoms with van der Waals surface area (Å²) in [5, 5.41) is 20.2. The van der Waals surface area contributed by atoms with Crippen molar-refractivity contribution in [2.75, 3.05) is 5.75 Å². The number of nitro groups is 1. The minimum atomic E-state index is -0.499.